The first kappa shape index (κ1) is 20.8. The summed E-state index contributed by atoms with van der Waals surface area (Å²) in [4.78, 5) is 22.5. The Labute approximate surface area is 132 Å². The fourth-order valence-corrected chi connectivity index (χ4v) is 3.36. The van der Waals surface area contributed by atoms with E-state index in [4.69, 9.17) is 18.0 Å². The average Bonchev–Trinajstić information content (AvgIpc) is 2.45. The van der Waals surface area contributed by atoms with Crippen molar-refractivity contribution in [2.24, 2.45) is 0 Å². The van der Waals surface area contributed by atoms with E-state index in [0.29, 0.717) is 25.0 Å². The van der Waals surface area contributed by atoms with Crippen LogP contribution >= 0.6 is 0 Å². The number of unbranched alkanes of at least 4 members (excludes halogenated alkanes) is 2. The lowest BCUT2D eigenvalue weighted by Gasteiger charge is -2.24. The normalized spacial score (nSPS) is 11.2. The Bertz CT molecular complexity index is 364. The highest BCUT2D eigenvalue weighted by atomic mass is 28.4. The van der Waals surface area contributed by atoms with Crippen LogP contribution in [0.15, 0.2) is 12.2 Å². The predicted molar refractivity (Wildman–Crippen MR) is 82.6 cm³/mol. The third-order valence-electron chi connectivity index (χ3n) is 2.59. The first-order chi connectivity index (χ1) is 10.4. The van der Waals surface area contributed by atoms with Crippen molar-refractivity contribution in [3.8, 4) is 0 Å². The van der Waals surface area contributed by atoms with E-state index in [9.17, 15) is 14.7 Å². The van der Waals surface area contributed by atoms with E-state index in [1.807, 2.05) is 0 Å². The van der Waals surface area contributed by atoms with Crippen molar-refractivity contribution in [2.75, 3.05) is 26.4 Å². The Morgan fingerprint density at radius 2 is 1.55 bits per heavy atom. The van der Waals surface area contributed by atoms with Gasteiger partial charge in [-0.05, 0) is 40.0 Å². The number of carboxylic acid groups (broad SMARTS) is 1. The van der Waals surface area contributed by atoms with E-state index in [1.165, 1.54) is 0 Å². The van der Waals surface area contributed by atoms with Crippen LogP contribution in [0.5, 0.6) is 0 Å². The first-order valence-electron chi connectivity index (χ1n) is 7.37. The molecule has 0 saturated carbocycles. The summed E-state index contributed by atoms with van der Waals surface area (Å²) in [6.45, 7) is 9.45. The maximum atomic E-state index is 11.3. The molecule has 0 bridgehead atoms. The van der Waals surface area contributed by atoms with Crippen molar-refractivity contribution in [1.29, 1.82) is 0 Å². The first-order valence-corrected chi connectivity index (χ1v) is 9.10. The Hall–Kier alpha value is -1.22. The third kappa shape index (κ3) is 7.69. The van der Waals surface area contributed by atoms with Gasteiger partial charge in [-0.2, -0.15) is 0 Å². The minimum absolute atomic E-state index is 0.218. The summed E-state index contributed by atoms with van der Waals surface area (Å²) >= 11 is 0. The highest BCUT2D eigenvalue weighted by Crippen LogP contribution is 2.12. The van der Waals surface area contributed by atoms with Gasteiger partial charge in [-0.1, -0.05) is 6.58 Å². The molecule has 0 aliphatic heterocycles. The maximum Gasteiger partial charge on any atom is 0.621 e. The van der Waals surface area contributed by atoms with Gasteiger partial charge in [0.05, 0.1) is 6.61 Å². The number of carbonyl (C=O) groups is 2. The molecule has 0 spiro atoms. The molecule has 0 aromatic carbocycles. The second-order valence-electron chi connectivity index (χ2n) is 4.55. The molecule has 1 N–H and O–H groups in total. The fraction of sp³-hybridized carbons (Fsp3) is 0.714. The van der Waals surface area contributed by atoms with E-state index >= 15 is 0 Å². The van der Waals surface area contributed by atoms with Crippen LogP contribution in [0, 0.1) is 0 Å². The van der Waals surface area contributed by atoms with Gasteiger partial charge in [0.15, 0.2) is 0 Å². The zero-order valence-electron chi connectivity index (χ0n) is 13.6. The molecule has 0 saturated heterocycles. The maximum absolute atomic E-state index is 11.3. The molecule has 0 atom stereocenters. The highest BCUT2D eigenvalue weighted by molar-refractivity contribution is 6.90. The Balaban J connectivity index is 4.01. The smallest absolute Gasteiger partial charge is 0.479 e. The van der Waals surface area contributed by atoms with Crippen molar-refractivity contribution in [2.45, 2.75) is 40.0 Å². The van der Waals surface area contributed by atoms with Gasteiger partial charge >= 0.3 is 20.4 Å². The predicted octanol–water partition coefficient (Wildman–Crippen LogP) is 2.56. The molecule has 8 heteroatoms. The molecule has 0 unspecified atom stereocenters. The average molecular weight is 334 g/mol. The summed E-state index contributed by atoms with van der Waals surface area (Å²) in [6.07, 6.45) is 2.05. The van der Waals surface area contributed by atoms with Crippen LogP contribution in [0.3, 0.4) is 0 Å². The quantitative estimate of drug-likeness (QED) is 0.239. The SMILES string of the molecule is C=C(C)C(=O)OCCCCCO[Si](OCC)(OCC)C(=O)O. The minimum Gasteiger partial charge on any atom is -0.479 e. The van der Waals surface area contributed by atoms with Gasteiger partial charge in [0.1, 0.15) is 0 Å². The molecule has 0 amide bonds. The number of hydrogen-bond donors (Lipinski definition) is 1. The summed E-state index contributed by atoms with van der Waals surface area (Å²) < 4.78 is 20.8. The van der Waals surface area contributed by atoms with E-state index in [1.54, 1.807) is 20.8 Å². The monoisotopic (exact) mass is 334 g/mol. The lowest BCUT2D eigenvalue weighted by Crippen LogP contribution is -2.53. The molecule has 22 heavy (non-hydrogen) atoms. The van der Waals surface area contributed by atoms with E-state index in [-0.39, 0.29) is 19.8 Å². The molecule has 7 nitrogen and oxygen atoms in total. The Morgan fingerprint density at radius 3 is 2.00 bits per heavy atom. The van der Waals surface area contributed by atoms with Gasteiger partial charge in [0.2, 0.25) is 0 Å². The van der Waals surface area contributed by atoms with Gasteiger partial charge < -0.3 is 23.1 Å². The lowest BCUT2D eigenvalue weighted by atomic mass is 10.2. The molecule has 0 aromatic rings. The second kappa shape index (κ2) is 11.4. The molecule has 0 radical (unpaired) electrons. The van der Waals surface area contributed by atoms with Crippen LogP contribution in [0.4, 0.5) is 4.79 Å². The summed E-state index contributed by atoms with van der Waals surface area (Å²) in [6, 6.07) is 0. The van der Waals surface area contributed by atoms with Gasteiger partial charge in [0.25, 0.3) is 0 Å². The number of esters is 1. The Morgan fingerprint density at radius 1 is 1.00 bits per heavy atom. The van der Waals surface area contributed by atoms with Crippen LogP contribution in [0.1, 0.15) is 40.0 Å². The number of hydrogen-bond acceptors (Lipinski definition) is 6. The van der Waals surface area contributed by atoms with Gasteiger partial charge in [0, 0.05) is 25.4 Å². The molecular weight excluding hydrogens is 308 g/mol. The van der Waals surface area contributed by atoms with Crippen molar-refractivity contribution < 1.29 is 32.7 Å². The minimum atomic E-state index is -3.65. The van der Waals surface area contributed by atoms with Crippen molar-refractivity contribution in [1.82, 2.24) is 0 Å². The van der Waals surface area contributed by atoms with E-state index < -0.39 is 20.4 Å². The zero-order chi connectivity index (χ0) is 17.0. The second-order valence-corrected chi connectivity index (χ2v) is 6.96. The van der Waals surface area contributed by atoms with Crippen LogP contribution in [-0.4, -0.2) is 51.9 Å². The number of carbonyl (C=O) groups excluding carboxylic acids is 1. The number of rotatable bonds is 13. The van der Waals surface area contributed by atoms with Gasteiger partial charge in [-0.15, -0.1) is 0 Å². The molecule has 0 rings (SSSR count). The van der Waals surface area contributed by atoms with Crippen LogP contribution in [-0.2, 0) is 22.8 Å². The summed E-state index contributed by atoms with van der Waals surface area (Å²) in [5.41, 5.74) is -0.805. The third-order valence-corrected chi connectivity index (χ3v) is 5.04. The molecular formula is C14H26O7Si. The van der Waals surface area contributed by atoms with E-state index in [0.717, 1.165) is 6.42 Å². The molecule has 0 aliphatic rings. The van der Waals surface area contributed by atoms with E-state index in [2.05, 4.69) is 6.58 Å². The van der Waals surface area contributed by atoms with Crippen molar-refractivity contribution >= 4 is 20.4 Å². The lowest BCUT2D eigenvalue weighted by molar-refractivity contribution is -0.139. The van der Waals surface area contributed by atoms with Crippen molar-refractivity contribution in [3.05, 3.63) is 12.2 Å². The molecule has 0 heterocycles. The topological polar surface area (TPSA) is 91.3 Å². The van der Waals surface area contributed by atoms with Crippen LogP contribution in [0.2, 0.25) is 0 Å². The summed E-state index contributed by atoms with van der Waals surface area (Å²) in [5, 5.41) is 9.26. The highest BCUT2D eigenvalue weighted by Gasteiger charge is 2.51. The molecule has 0 aromatic heterocycles. The van der Waals surface area contributed by atoms with Gasteiger partial charge in [-0.3, -0.25) is 0 Å². The van der Waals surface area contributed by atoms with Gasteiger partial charge in [-0.25, -0.2) is 9.59 Å². The summed E-state index contributed by atoms with van der Waals surface area (Å²) in [5.74, 6) is -0.402. The standard InChI is InChI=1S/C14H26O7Si/c1-5-19-22(14(16)17,20-6-2)21-11-9-7-8-10-18-13(15)12(3)4/h3,5-11H2,1-2,4H3,(H,16,17). The molecule has 0 aliphatic carbocycles. The molecule has 0 fully saturated rings. The molecule has 128 valence electrons. The largest absolute Gasteiger partial charge is 0.621 e. The fourth-order valence-electron chi connectivity index (χ4n) is 1.57. The number of ether oxygens (including phenoxy) is 1. The van der Waals surface area contributed by atoms with Crippen molar-refractivity contribution in [3.63, 3.8) is 0 Å². The van der Waals surface area contributed by atoms with Crippen LogP contribution in [0.25, 0.3) is 0 Å². The van der Waals surface area contributed by atoms with Crippen LogP contribution < -0.4 is 0 Å². The zero-order valence-corrected chi connectivity index (χ0v) is 14.6. The summed E-state index contributed by atoms with van der Waals surface area (Å²) in [7, 11) is -3.65. The Kier molecular flexibility index (Phi) is 10.7.